The van der Waals surface area contributed by atoms with Gasteiger partial charge in [-0.25, -0.2) is 4.98 Å². The van der Waals surface area contributed by atoms with Crippen molar-refractivity contribution in [2.45, 2.75) is 39.2 Å². The minimum Gasteiger partial charge on any atom is -0.366 e. The van der Waals surface area contributed by atoms with Crippen LogP contribution >= 0.6 is 0 Å². The summed E-state index contributed by atoms with van der Waals surface area (Å²) in [5.74, 6) is 0.879. The predicted octanol–water partition coefficient (Wildman–Crippen LogP) is 3.62. The van der Waals surface area contributed by atoms with E-state index < -0.39 is 0 Å². The average molecular weight is 229 g/mol. The Morgan fingerprint density at radius 3 is 2.65 bits per heavy atom. The van der Waals surface area contributed by atoms with Crippen LogP contribution < -0.4 is 5.32 Å². The smallest absolute Gasteiger partial charge is 0.145 e. The summed E-state index contributed by atoms with van der Waals surface area (Å²) in [7, 11) is 0. The highest BCUT2D eigenvalue weighted by molar-refractivity contribution is 5.75. The van der Waals surface area contributed by atoms with Crippen LogP contribution in [0.1, 0.15) is 33.1 Å². The van der Waals surface area contributed by atoms with Gasteiger partial charge in [0.1, 0.15) is 5.82 Å². The molecule has 90 valence electrons. The third kappa shape index (κ3) is 2.93. The molecule has 0 aliphatic carbocycles. The normalized spacial score (nSPS) is 12.6. The molecule has 1 N–H and O–H groups in total. The lowest BCUT2D eigenvalue weighted by Gasteiger charge is -2.16. The molecule has 1 heterocycles. The van der Waals surface area contributed by atoms with E-state index in [2.05, 4.69) is 29.1 Å². The molecule has 0 fully saturated rings. The van der Waals surface area contributed by atoms with Crippen LogP contribution in [-0.4, -0.2) is 16.0 Å². The molecule has 0 spiro atoms. The second-order valence-electron chi connectivity index (χ2n) is 4.28. The lowest BCUT2D eigenvalue weighted by molar-refractivity contribution is 0.620. The Bertz CT molecular complexity index is 482. The summed E-state index contributed by atoms with van der Waals surface area (Å²) >= 11 is 0. The fraction of sp³-hybridized carbons (Fsp3) is 0.429. The summed E-state index contributed by atoms with van der Waals surface area (Å²) in [5.41, 5.74) is 1.89. The summed E-state index contributed by atoms with van der Waals surface area (Å²) in [6.45, 7) is 4.40. The Labute approximate surface area is 102 Å². The van der Waals surface area contributed by atoms with E-state index in [1.165, 1.54) is 12.8 Å². The molecule has 1 unspecified atom stereocenters. The molecule has 0 bridgehead atoms. The molecule has 0 radical (unpaired) electrons. The molecule has 0 aliphatic rings. The van der Waals surface area contributed by atoms with Gasteiger partial charge in [-0.2, -0.15) is 0 Å². The van der Waals surface area contributed by atoms with Gasteiger partial charge in [-0.05, 0) is 25.0 Å². The number of rotatable bonds is 5. The van der Waals surface area contributed by atoms with E-state index >= 15 is 0 Å². The number of hydrogen-bond acceptors (Lipinski definition) is 3. The van der Waals surface area contributed by atoms with Gasteiger partial charge in [0.25, 0.3) is 0 Å². The van der Waals surface area contributed by atoms with Crippen LogP contribution in [0.25, 0.3) is 11.0 Å². The Balaban J connectivity index is 2.18. The topological polar surface area (TPSA) is 37.8 Å². The quantitative estimate of drug-likeness (QED) is 0.851. The van der Waals surface area contributed by atoms with Crippen LogP contribution in [0.2, 0.25) is 0 Å². The first-order valence-corrected chi connectivity index (χ1v) is 6.31. The number of benzene rings is 1. The van der Waals surface area contributed by atoms with E-state index in [4.69, 9.17) is 0 Å². The van der Waals surface area contributed by atoms with E-state index in [0.29, 0.717) is 6.04 Å². The zero-order valence-corrected chi connectivity index (χ0v) is 10.5. The number of nitrogens with zero attached hydrogens (tertiary/aromatic N) is 2. The highest BCUT2D eigenvalue weighted by atomic mass is 15.0. The number of fused-ring (bicyclic) bond motifs is 1. The van der Waals surface area contributed by atoms with Crippen LogP contribution in [0, 0.1) is 0 Å². The first kappa shape index (κ1) is 11.8. The van der Waals surface area contributed by atoms with E-state index in [0.717, 1.165) is 23.3 Å². The van der Waals surface area contributed by atoms with Gasteiger partial charge in [-0.1, -0.05) is 32.4 Å². The van der Waals surface area contributed by atoms with Crippen LogP contribution in [0.4, 0.5) is 5.82 Å². The molecule has 0 aliphatic heterocycles. The lowest BCUT2D eigenvalue weighted by Crippen LogP contribution is -2.18. The van der Waals surface area contributed by atoms with Crippen molar-refractivity contribution in [3.8, 4) is 0 Å². The first-order valence-electron chi connectivity index (χ1n) is 6.31. The SMILES string of the molecule is CCCC(CC)Nc1cnc2ccccc2n1. The van der Waals surface area contributed by atoms with Crippen molar-refractivity contribution in [3.05, 3.63) is 30.5 Å². The summed E-state index contributed by atoms with van der Waals surface area (Å²) in [6, 6.07) is 8.44. The second kappa shape index (κ2) is 5.62. The van der Waals surface area contributed by atoms with Gasteiger partial charge in [0.2, 0.25) is 0 Å². The van der Waals surface area contributed by atoms with E-state index in [1.54, 1.807) is 0 Å². The summed E-state index contributed by atoms with van der Waals surface area (Å²) in [6.07, 6.45) is 5.29. The monoisotopic (exact) mass is 229 g/mol. The van der Waals surface area contributed by atoms with Gasteiger partial charge in [0, 0.05) is 6.04 Å². The van der Waals surface area contributed by atoms with Crippen molar-refractivity contribution >= 4 is 16.9 Å². The third-order valence-electron chi connectivity index (χ3n) is 2.93. The van der Waals surface area contributed by atoms with Crippen molar-refractivity contribution in [1.29, 1.82) is 0 Å². The highest BCUT2D eigenvalue weighted by Gasteiger charge is 2.06. The molecule has 0 saturated carbocycles. The number of aromatic nitrogens is 2. The molecule has 1 aromatic heterocycles. The molecule has 2 rings (SSSR count). The van der Waals surface area contributed by atoms with Crippen molar-refractivity contribution < 1.29 is 0 Å². The number of para-hydroxylation sites is 2. The number of anilines is 1. The number of hydrogen-bond donors (Lipinski definition) is 1. The minimum absolute atomic E-state index is 0.496. The van der Waals surface area contributed by atoms with Gasteiger partial charge in [0.05, 0.1) is 17.2 Å². The van der Waals surface area contributed by atoms with Crippen molar-refractivity contribution in [2.24, 2.45) is 0 Å². The van der Waals surface area contributed by atoms with Gasteiger partial charge in [-0.3, -0.25) is 4.98 Å². The van der Waals surface area contributed by atoms with Crippen molar-refractivity contribution in [2.75, 3.05) is 5.32 Å². The van der Waals surface area contributed by atoms with Crippen LogP contribution in [0.15, 0.2) is 30.5 Å². The fourth-order valence-electron chi connectivity index (χ4n) is 1.96. The van der Waals surface area contributed by atoms with Gasteiger partial charge >= 0.3 is 0 Å². The maximum Gasteiger partial charge on any atom is 0.145 e. The predicted molar refractivity (Wildman–Crippen MR) is 72.1 cm³/mol. The lowest BCUT2D eigenvalue weighted by atomic mass is 10.1. The van der Waals surface area contributed by atoms with E-state index in [1.807, 2.05) is 30.5 Å². The molecule has 3 heteroatoms. The highest BCUT2D eigenvalue weighted by Crippen LogP contribution is 2.14. The third-order valence-corrected chi connectivity index (χ3v) is 2.93. The van der Waals surface area contributed by atoms with Crippen molar-refractivity contribution in [3.63, 3.8) is 0 Å². The molecule has 1 atom stereocenters. The molecule has 2 aromatic rings. The molecule has 0 amide bonds. The van der Waals surface area contributed by atoms with Gasteiger partial charge < -0.3 is 5.32 Å². The number of nitrogens with one attached hydrogen (secondary N) is 1. The fourth-order valence-corrected chi connectivity index (χ4v) is 1.96. The Hall–Kier alpha value is -1.64. The maximum absolute atomic E-state index is 4.57. The zero-order chi connectivity index (χ0) is 12.1. The van der Waals surface area contributed by atoms with Crippen molar-refractivity contribution in [1.82, 2.24) is 9.97 Å². The van der Waals surface area contributed by atoms with Crippen LogP contribution in [-0.2, 0) is 0 Å². The molecule has 3 nitrogen and oxygen atoms in total. The van der Waals surface area contributed by atoms with Gasteiger partial charge in [-0.15, -0.1) is 0 Å². The Kier molecular flexibility index (Phi) is 3.91. The van der Waals surface area contributed by atoms with E-state index in [9.17, 15) is 0 Å². The average Bonchev–Trinajstić information content (AvgIpc) is 2.38. The molecule has 1 aromatic carbocycles. The van der Waals surface area contributed by atoms with Crippen LogP contribution in [0.5, 0.6) is 0 Å². The first-order chi connectivity index (χ1) is 8.33. The van der Waals surface area contributed by atoms with Crippen LogP contribution in [0.3, 0.4) is 0 Å². The Morgan fingerprint density at radius 1 is 1.18 bits per heavy atom. The maximum atomic E-state index is 4.57. The zero-order valence-electron chi connectivity index (χ0n) is 10.5. The minimum atomic E-state index is 0.496. The van der Waals surface area contributed by atoms with Gasteiger partial charge in [0.15, 0.2) is 0 Å². The second-order valence-corrected chi connectivity index (χ2v) is 4.28. The summed E-state index contributed by atoms with van der Waals surface area (Å²) in [4.78, 5) is 8.98. The van der Waals surface area contributed by atoms with E-state index in [-0.39, 0.29) is 0 Å². The standard InChI is InChI=1S/C14H19N3/c1-3-7-11(4-2)16-14-10-15-12-8-5-6-9-13(12)17-14/h5-6,8-11H,3-4,7H2,1-2H3,(H,16,17). The molecule has 17 heavy (non-hydrogen) atoms. The molecular formula is C14H19N3. The molecular weight excluding hydrogens is 210 g/mol. The molecule has 0 saturated heterocycles. The summed E-state index contributed by atoms with van der Waals surface area (Å²) < 4.78 is 0. The summed E-state index contributed by atoms with van der Waals surface area (Å²) in [5, 5.41) is 3.45. The largest absolute Gasteiger partial charge is 0.366 e. The Morgan fingerprint density at radius 2 is 1.94 bits per heavy atom.